The van der Waals surface area contributed by atoms with E-state index in [0.717, 1.165) is 39.6 Å². The van der Waals surface area contributed by atoms with E-state index in [1.165, 1.54) is 17.3 Å². The van der Waals surface area contributed by atoms with Gasteiger partial charge in [-0.25, -0.2) is 4.98 Å². The van der Waals surface area contributed by atoms with E-state index in [0.29, 0.717) is 5.75 Å². The fraction of sp³-hybridized carbons (Fsp3) is 0.235. The van der Waals surface area contributed by atoms with Crippen LogP contribution in [0.2, 0.25) is 0 Å². The summed E-state index contributed by atoms with van der Waals surface area (Å²) in [6.45, 7) is 0.806. The van der Waals surface area contributed by atoms with Gasteiger partial charge >= 0.3 is 0 Å². The number of nitrogens with zero attached hydrogens (tertiary/aromatic N) is 3. The molecule has 4 nitrogen and oxygen atoms in total. The number of anilines is 1. The second-order valence-electron chi connectivity index (χ2n) is 5.39. The number of amides is 1. The molecule has 6 heteroatoms. The van der Waals surface area contributed by atoms with Gasteiger partial charge in [0.25, 0.3) is 0 Å². The number of carbonyl (C=O) groups excluding carboxylic acids is 1. The average Bonchev–Trinajstić information content (AvgIpc) is 3.02. The third kappa shape index (κ3) is 2.96. The lowest BCUT2D eigenvalue weighted by molar-refractivity contribution is -0.116. The van der Waals surface area contributed by atoms with Crippen molar-refractivity contribution in [2.45, 2.75) is 17.2 Å². The van der Waals surface area contributed by atoms with Crippen molar-refractivity contribution in [2.75, 3.05) is 17.2 Å². The second kappa shape index (κ2) is 6.29. The molecule has 0 fully saturated rings. The number of aryl methyl sites for hydroxylation is 1. The van der Waals surface area contributed by atoms with Gasteiger partial charge in [-0.05, 0) is 30.5 Å². The van der Waals surface area contributed by atoms with Crippen LogP contribution in [0.4, 0.5) is 5.69 Å². The number of benzene rings is 1. The van der Waals surface area contributed by atoms with Crippen LogP contribution in [-0.4, -0.2) is 28.2 Å². The van der Waals surface area contributed by atoms with Gasteiger partial charge in [-0.1, -0.05) is 30.0 Å². The summed E-state index contributed by atoms with van der Waals surface area (Å²) >= 11 is 3.12. The van der Waals surface area contributed by atoms with Crippen LogP contribution in [0.1, 0.15) is 12.0 Å². The summed E-state index contributed by atoms with van der Waals surface area (Å²) in [5.41, 5.74) is 3.23. The molecule has 0 aliphatic carbocycles. The quantitative estimate of drug-likeness (QED) is 0.681. The highest BCUT2D eigenvalue weighted by atomic mass is 32.2. The molecule has 0 bridgehead atoms. The van der Waals surface area contributed by atoms with Crippen molar-refractivity contribution in [3.8, 4) is 0 Å². The summed E-state index contributed by atoms with van der Waals surface area (Å²) in [5.74, 6) is 0.571. The van der Waals surface area contributed by atoms with Gasteiger partial charge in [0.05, 0.1) is 16.6 Å². The number of thioether (sulfide) groups is 1. The van der Waals surface area contributed by atoms with Crippen molar-refractivity contribution < 1.29 is 4.79 Å². The molecule has 3 heterocycles. The number of aromatic nitrogens is 2. The van der Waals surface area contributed by atoms with Gasteiger partial charge in [0, 0.05) is 18.4 Å². The van der Waals surface area contributed by atoms with Gasteiger partial charge in [-0.15, -0.1) is 11.3 Å². The highest BCUT2D eigenvalue weighted by molar-refractivity contribution is 8.01. The molecule has 1 aliphatic rings. The van der Waals surface area contributed by atoms with Crippen LogP contribution in [0.25, 0.3) is 10.2 Å². The molecule has 4 rings (SSSR count). The predicted octanol–water partition coefficient (Wildman–Crippen LogP) is 3.76. The Labute approximate surface area is 142 Å². The van der Waals surface area contributed by atoms with E-state index in [-0.39, 0.29) is 5.91 Å². The number of carbonyl (C=O) groups is 1. The molecule has 116 valence electrons. The Morgan fingerprint density at radius 1 is 1.30 bits per heavy atom. The molecule has 0 radical (unpaired) electrons. The van der Waals surface area contributed by atoms with E-state index < -0.39 is 0 Å². The van der Waals surface area contributed by atoms with Crippen molar-refractivity contribution in [3.05, 3.63) is 48.3 Å². The minimum atomic E-state index is 0.152. The van der Waals surface area contributed by atoms with E-state index in [1.54, 1.807) is 23.7 Å². The van der Waals surface area contributed by atoms with E-state index >= 15 is 0 Å². The zero-order valence-corrected chi connectivity index (χ0v) is 14.1. The molecule has 23 heavy (non-hydrogen) atoms. The largest absolute Gasteiger partial charge is 0.311 e. The lowest BCUT2D eigenvalue weighted by Crippen LogP contribution is -2.36. The maximum Gasteiger partial charge on any atom is 0.237 e. The first kappa shape index (κ1) is 14.7. The summed E-state index contributed by atoms with van der Waals surface area (Å²) in [4.78, 5) is 23.1. The maximum absolute atomic E-state index is 12.6. The smallest absolute Gasteiger partial charge is 0.237 e. The van der Waals surface area contributed by atoms with Gasteiger partial charge in [-0.2, -0.15) is 0 Å². The molecule has 0 N–H and O–H groups in total. The number of rotatable bonds is 3. The van der Waals surface area contributed by atoms with Crippen molar-refractivity contribution in [1.29, 1.82) is 0 Å². The summed E-state index contributed by atoms with van der Waals surface area (Å²) in [6.07, 6.45) is 5.61. The number of hydrogen-bond acceptors (Lipinski definition) is 5. The second-order valence-corrected chi connectivity index (χ2v) is 7.64. The molecule has 2 aromatic heterocycles. The van der Waals surface area contributed by atoms with Gasteiger partial charge in [0.1, 0.15) is 5.52 Å². The summed E-state index contributed by atoms with van der Waals surface area (Å²) in [5, 5.41) is 0. The van der Waals surface area contributed by atoms with Crippen molar-refractivity contribution in [1.82, 2.24) is 9.97 Å². The minimum Gasteiger partial charge on any atom is -0.311 e. The van der Waals surface area contributed by atoms with Crippen LogP contribution in [0.3, 0.4) is 0 Å². The van der Waals surface area contributed by atoms with E-state index in [2.05, 4.69) is 16.0 Å². The summed E-state index contributed by atoms with van der Waals surface area (Å²) in [7, 11) is 0. The van der Waals surface area contributed by atoms with Crippen LogP contribution < -0.4 is 4.90 Å². The molecule has 0 saturated heterocycles. The summed E-state index contributed by atoms with van der Waals surface area (Å²) < 4.78 is 2.03. The normalized spacial score (nSPS) is 14.0. The SMILES string of the molecule is O=C(CSc1nc2cnccc2s1)N1CCCc2ccccc21. The van der Waals surface area contributed by atoms with Crippen LogP contribution in [0.5, 0.6) is 0 Å². The van der Waals surface area contributed by atoms with Gasteiger partial charge < -0.3 is 4.90 Å². The number of para-hydroxylation sites is 1. The number of fused-ring (bicyclic) bond motifs is 2. The molecular formula is C17H15N3OS2. The van der Waals surface area contributed by atoms with Crippen molar-refractivity contribution >= 4 is 44.9 Å². The Hall–Kier alpha value is -1.92. The molecule has 0 saturated carbocycles. The van der Waals surface area contributed by atoms with Crippen molar-refractivity contribution in [3.63, 3.8) is 0 Å². The molecular weight excluding hydrogens is 326 g/mol. The van der Waals surface area contributed by atoms with Crippen LogP contribution >= 0.6 is 23.1 Å². The third-order valence-electron chi connectivity index (χ3n) is 3.90. The lowest BCUT2D eigenvalue weighted by atomic mass is 10.0. The van der Waals surface area contributed by atoms with Crippen LogP contribution in [0.15, 0.2) is 47.1 Å². The topological polar surface area (TPSA) is 46.1 Å². The zero-order valence-electron chi connectivity index (χ0n) is 12.4. The van der Waals surface area contributed by atoms with Gasteiger partial charge in [0.15, 0.2) is 4.34 Å². The van der Waals surface area contributed by atoms with Crippen molar-refractivity contribution in [2.24, 2.45) is 0 Å². The molecule has 0 atom stereocenters. The lowest BCUT2D eigenvalue weighted by Gasteiger charge is -2.29. The number of hydrogen-bond donors (Lipinski definition) is 0. The number of pyridine rings is 1. The average molecular weight is 341 g/mol. The molecule has 1 amide bonds. The van der Waals surface area contributed by atoms with E-state index in [1.807, 2.05) is 29.2 Å². The Kier molecular flexibility index (Phi) is 4.01. The molecule has 0 unspecified atom stereocenters. The molecule has 1 aliphatic heterocycles. The Morgan fingerprint density at radius 2 is 2.22 bits per heavy atom. The minimum absolute atomic E-state index is 0.152. The Balaban J connectivity index is 1.48. The molecule has 3 aromatic rings. The van der Waals surface area contributed by atoms with Gasteiger partial charge in [-0.3, -0.25) is 9.78 Å². The predicted molar refractivity (Wildman–Crippen MR) is 95.3 cm³/mol. The number of thiazole rings is 1. The Bertz CT molecular complexity index is 829. The fourth-order valence-corrected chi connectivity index (χ4v) is 4.73. The highest BCUT2D eigenvalue weighted by Gasteiger charge is 2.22. The highest BCUT2D eigenvalue weighted by Crippen LogP contribution is 2.31. The van der Waals surface area contributed by atoms with Crippen LogP contribution in [0, 0.1) is 0 Å². The monoisotopic (exact) mass is 341 g/mol. The van der Waals surface area contributed by atoms with E-state index in [9.17, 15) is 4.79 Å². The standard InChI is InChI=1S/C17H15N3OS2/c21-16(20-9-3-5-12-4-1-2-6-14(12)20)11-22-17-19-13-10-18-8-7-15(13)23-17/h1-2,4,6-8,10H,3,5,9,11H2. The first-order valence-electron chi connectivity index (χ1n) is 7.53. The molecule has 1 aromatic carbocycles. The Morgan fingerprint density at radius 3 is 3.13 bits per heavy atom. The summed E-state index contributed by atoms with van der Waals surface area (Å²) in [6, 6.07) is 10.2. The third-order valence-corrected chi connectivity index (χ3v) is 6.06. The maximum atomic E-state index is 12.6. The molecule has 0 spiro atoms. The van der Waals surface area contributed by atoms with E-state index in [4.69, 9.17) is 0 Å². The zero-order chi connectivity index (χ0) is 15.6. The first-order chi connectivity index (χ1) is 11.3. The van der Waals surface area contributed by atoms with Gasteiger partial charge in [0.2, 0.25) is 5.91 Å². The first-order valence-corrected chi connectivity index (χ1v) is 9.33. The fourth-order valence-electron chi connectivity index (χ4n) is 2.81. The van der Waals surface area contributed by atoms with Crippen LogP contribution in [-0.2, 0) is 11.2 Å².